The molecule has 2 bridgehead atoms. The highest BCUT2D eigenvalue weighted by Gasteiger charge is 2.43. The van der Waals surface area contributed by atoms with Crippen LogP contribution in [0.4, 0.5) is 0 Å². The van der Waals surface area contributed by atoms with Gasteiger partial charge in [0.2, 0.25) is 5.91 Å². The number of aromatic nitrogens is 3. The number of rotatable bonds is 6. The summed E-state index contributed by atoms with van der Waals surface area (Å²) in [5.41, 5.74) is 1.06. The molecule has 0 spiro atoms. The van der Waals surface area contributed by atoms with Crippen molar-refractivity contribution < 1.29 is 9.90 Å². The topological polar surface area (TPSA) is 83.3 Å². The first-order chi connectivity index (χ1) is 15.1. The van der Waals surface area contributed by atoms with Crippen LogP contribution in [0.15, 0.2) is 36.5 Å². The van der Waals surface area contributed by atoms with Crippen molar-refractivity contribution in [3.63, 3.8) is 0 Å². The maximum Gasteiger partial charge on any atom is 0.224 e. The predicted octanol–water partition coefficient (Wildman–Crippen LogP) is 2.46. The molecule has 4 unspecified atom stereocenters. The molecule has 166 valence electrons. The van der Waals surface area contributed by atoms with Crippen molar-refractivity contribution in [2.24, 2.45) is 11.8 Å². The van der Waals surface area contributed by atoms with Gasteiger partial charge in [0.1, 0.15) is 11.3 Å². The van der Waals surface area contributed by atoms with E-state index in [1.807, 2.05) is 41.2 Å². The largest absolute Gasteiger partial charge is 0.383 e. The number of aliphatic hydroxyl groups is 1. The molecule has 7 nitrogen and oxygen atoms in total. The predicted molar refractivity (Wildman–Crippen MR) is 117 cm³/mol. The van der Waals surface area contributed by atoms with E-state index in [4.69, 9.17) is 0 Å². The number of benzene rings is 1. The first kappa shape index (κ1) is 20.6. The maximum absolute atomic E-state index is 12.8. The zero-order valence-electron chi connectivity index (χ0n) is 18.1. The Bertz CT molecular complexity index is 892. The van der Waals surface area contributed by atoms with Crippen LogP contribution in [0.25, 0.3) is 0 Å². The summed E-state index contributed by atoms with van der Waals surface area (Å²) < 4.78 is 1.90. The summed E-state index contributed by atoms with van der Waals surface area (Å²) in [6, 6.07) is 10.5. The second-order valence-corrected chi connectivity index (χ2v) is 9.66. The molecule has 1 saturated carbocycles. The van der Waals surface area contributed by atoms with Gasteiger partial charge in [0.15, 0.2) is 0 Å². The summed E-state index contributed by atoms with van der Waals surface area (Å²) >= 11 is 0. The van der Waals surface area contributed by atoms with E-state index in [1.165, 1.54) is 6.42 Å². The van der Waals surface area contributed by atoms with Gasteiger partial charge in [0.25, 0.3) is 0 Å². The van der Waals surface area contributed by atoms with E-state index in [1.54, 1.807) is 0 Å². The molecule has 1 aromatic heterocycles. The van der Waals surface area contributed by atoms with Crippen molar-refractivity contribution in [1.82, 2.24) is 25.2 Å². The maximum atomic E-state index is 12.8. The zero-order chi connectivity index (χ0) is 21.3. The third-order valence-corrected chi connectivity index (χ3v) is 7.62. The van der Waals surface area contributed by atoms with Crippen molar-refractivity contribution in [1.29, 1.82) is 0 Å². The van der Waals surface area contributed by atoms with Crippen LogP contribution in [0.5, 0.6) is 0 Å². The summed E-state index contributed by atoms with van der Waals surface area (Å²) in [6.07, 6.45) is 8.90. The Morgan fingerprint density at radius 2 is 2.00 bits per heavy atom. The van der Waals surface area contributed by atoms with Gasteiger partial charge in [-0.2, -0.15) is 0 Å². The number of hydrogen-bond donors (Lipinski definition) is 2. The Balaban J connectivity index is 1.17. The summed E-state index contributed by atoms with van der Waals surface area (Å²) in [4.78, 5) is 15.3. The average molecular weight is 424 g/mol. The van der Waals surface area contributed by atoms with Crippen LogP contribution < -0.4 is 5.32 Å². The van der Waals surface area contributed by atoms with E-state index >= 15 is 0 Å². The van der Waals surface area contributed by atoms with Gasteiger partial charge >= 0.3 is 0 Å². The molecule has 1 aromatic carbocycles. The van der Waals surface area contributed by atoms with Crippen LogP contribution in [0.1, 0.15) is 56.2 Å². The fourth-order valence-electron chi connectivity index (χ4n) is 5.75. The quantitative estimate of drug-likeness (QED) is 0.746. The molecule has 2 N–H and O–H groups in total. The molecule has 4 heterocycles. The number of amides is 1. The second-order valence-electron chi connectivity index (χ2n) is 9.66. The standard InChI is InChI=1S/C24H33N5O2/c30-23(25-14-18-7-3-1-4-8-18)21-16-28-12-9-19(21)13-20(28)15-29-17-22(26-27-29)24(31)10-5-2-6-11-24/h1,3-4,7-8,17,19-21,31H,2,5-6,9-16H2,(H,25,30). The SMILES string of the molecule is O=C(NCc1ccccc1)C1CN2CCC1CC2Cn1cc(C2(O)CCCCC2)nn1. The van der Waals surface area contributed by atoms with Gasteiger partial charge in [-0.25, -0.2) is 0 Å². The number of nitrogens with one attached hydrogen (secondary N) is 1. The Morgan fingerprint density at radius 3 is 2.74 bits per heavy atom. The monoisotopic (exact) mass is 423 g/mol. The molecule has 4 fully saturated rings. The Kier molecular flexibility index (Phi) is 5.80. The van der Waals surface area contributed by atoms with Gasteiger partial charge in [0, 0.05) is 19.1 Å². The molecule has 7 heteroatoms. The molecule has 1 amide bonds. The lowest BCUT2D eigenvalue weighted by molar-refractivity contribution is -0.133. The molecule has 4 atom stereocenters. The number of carbonyl (C=O) groups is 1. The molecule has 1 aliphatic carbocycles. The van der Waals surface area contributed by atoms with Crippen LogP contribution in [0, 0.1) is 11.8 Å². The average Bonchev–Trinajstić information content (AvgIpc) is 3.29. The molecule has 4 aliphatic rings. The molecule has 31 heavy (non-hydrogen) atoms. The van der Waals surface area contributed by atoms with E-state index in [2.05, 4.69) is 20.5 Å². The Morgan fingerprint density at radius 1 is 1.19 bits per heavy atom. The van der Waals surface area contributed by atoms with Crippen LogP contribution >= 0.6 is 0 Å². The number of carbonyl (C=O) groups excluding carboxylic acids is 1. The van der Waals surface area contributed by atoms with Gasteiger partial charge in [0.05, 0.1) is 18.7 Å². The van der Waals surface area contributed by atoms with Crippen LogP contribution in [-0.4, -0.2) is 50.0 Å². The van der Waals surface area contributed by atoms with Gasteiger partial charge in [-0.1, -0.05) is 54.8 Å². The summed E-state index contributed by atoms with van der Waals surface area (Å²) in [6.45, 7) is 3.24. The summed E-state index contributed by atoms with van der Waals surface area (Å²) in [7, 11) is 0. The highest BCUT2D eigenvalue weighted by atomic mass is 16.3. The number of piperidine rings is 3. The van der Waals surface area contributed by atoms with E-state index < -0.39 is 5.60 Å². The first-order valence-corrected chi connectivity index (χ1v) is 11.8. The normalized spacial score (nSPS) is 29.6. The Labute approximate surface area is 183 Å². The van der Waals surface area contributed by atoms with Crippen LogP contribution in [0.2, 0.25) is 0 Å². The van der Waals surface area contributed by atoms with Crippen molar-refractivity contribution in [2.75, 3.05) is 13.1 Å². The number of nitrogens with zero attached hydrogens (tertiary/aromatic N) is 4. The summed E-state index contributed by atoms with van der Waals surface area (Å²) in [5, 5.41) is 22.7. The second kappa shape index (κ2) is 8.71. The molecule has 0 radical (unpaired) electrons. The van der Waals surface area contributed by atoms with Crippen LogP contribution in [0.3, 0.4) is 0 Å². The highest BCUT2D eigenvalue weighted by molar-refractivity contribution is 5.79. The van der Waals surface area contributed by atoms with Crippen molar-refractivity contribution in [3.8, 4) is 0 Å². The third-order valence-electron chi connectivity index (χ3n) is 7.62. The minimum absolute atomic E-state index is 0.0722. The lowest BCUT2D eigenvalue weighted by Gasteiger charge is -2.49. The molecule has 2 aromatic rings. The smallest absolute Gasteiger partial charge is 0.224 e. The number of fused-ring (bicyclic) bond motifs is 3. The minimum atomic E-state index is -0.801. The van der Waals surface area contributed by atoms with Crippen molar-refractivity contribution >= 4 is 5.91 Å². The van der Waals surface area contributed by atoms with Gasteiger partial charge < -0.3 is 10.4 Å². The minimum Gasteiger partial charge on any atom is -0.383 e. The van der Waals surface area contributed by atoms with Crippen LogP contribution in [-0.2, 0) is 23.5 Å². The molecular formula is C24H33N5O2. The van der Waals surface area contributed by atoms with Gasteiger partial charge in [-0.15, -0.1) is 5.10 Å². The van der Waals surface area contributed by atoms with Crippen molar-refractivity contribution in [2.45, 2.75) is 69.7 Å². The van der Waals surface area contributed by atoms with E-state index in [0.717, 1.165) is 69.4 Å². The molecule has 3 aliphatic heterocycles. The first-order valence-electron chi connectivity index (χ1n) is 11.8. The molecule has 6 rings (SSSR count). The fourth-order valence-corrected chi connectivity index (χ4v) is 5.75. The van der Waals surface area contributed by atoms with Gasteiger partial charge in [-0.3, -0.25) is 14.4 Å². The highest BCUT2D eigenvalue weighted by Crippen LogP contribution is 2.38. The van der Waals surface area contributed by atoms with E-state index in [-0.39, 0.29) is 11.8 Å². The third kappa shape index (κ3) is 4.39. The molecular weight excluding hydrogens is 390 g/mol. The zero-order valence-corrected chi connectivity index (χ0v) is 18.1. The summed E-state index contributed by atoms with van der Waals surface area (Å²) in [5.74, 6) is 0.679. The lowest BCUT2D eigenvalue weighted by Crippen LogP contribution is -2.58. The Hall–Kier alpha value is -2.25. The molecule has 3 saturated heterocycles. The van der Waals surface area contributed by atoms with E-state index in [9.17, 15) is 9.90 Å². The fraction of sp³-hybridized carbons (Fsp3) is 0.625. The number of hydrogen-bond acceptors (Lipinski definition) is 5. The lowest BCUT2D eigenvalue weighted by atomic mass is 9.75. The van der Waals surface area contributed by atoms with E-state index in [0.29, 0.717) is 18.5 Å². The van der Waals surface area contributed by atoms with Crippen molar-refractivity contribution in [3.05, 3.63) is 47.8 Å². The van der Waals surface area contributed by atoms with Gasteiger partial charge in [-0.05, 0) is 43.7 Å².